The van der Waals surface area contributed by atoms with Crippen LogP contribution in [0, 0.1) is 5.92 Å². The molecule has 1 aliphatic rings. The van der Waals surface area contributed by atoms with Gasteiger partial charge in [-0.2, -0.15) is 0 Å². The lowest BCUT2D eigenvalue weighted by molar-refractivity contribution is -0.116. The second-order valence-electron chi connectivity index (χ2n) is 5.74. The number of nitrogens with one attached hydrogen (secondary N) is 1. The minimum atomic E-state index is -0.304. The first-order chi connectivity index (χ1) is 10.6. The van der Waals surface area contributed by atoms with Crippen molar-refractivity contribution in [3.8, 4) is 0 Å². The summed E-state index contributed by atoms with van der Waals surface area (Å²) in [5, 5.41) is 3.60. The van der Waals surface area contributed by atoms with E-state index < -0.39 is 0 Å². The van der Waals surface area contributed by atoms with Crippen LogP contribution in [0.25, 0.3) is 0 Å². The number of fused-ring (bicyclic) bond motifs is 1. The first kappa shape index (κ1) is 17.0. The molecule has 0 unspecified atom stereocenters. The Balaban J connectivity index is 2.32. The summed E-state index contributed by atoms with van der Waals surface area (Å²) in [5.41, 5.74) is 1.70. The van der Waals surface area contributed by atoms with Crippen LogP contribution in [0.3, 0.4) is 0 Å². The van der Waals surface area contributed by atoms with Gasteiger partial charge in [-0.3, -0.25) is 4.79 Å². The summed E-state index contributed by atoms with van der Waals surface area (Å²) in [6.45, 7) is 6.33. The molecule has 0 bridgehead atoms. The molecule has 5 heteroatoms. The predicted molar refractivity (Wildman–Crippen MR) is 89.6 cm³/mol. The fraction of sp³-hybridized carbons (Fsp3) is 0.647. The lowest BCUT2D eigenvalue weighted by Gasteiger charge is -2.20. The van der Waals surface area contributed by atoms with Crippen molar-refractivity contribution in [2.75, 3.05) is 11.9 Å². The van der Waals surface area contributed by atoms with Gasteiger partial charge in [0.15, 0.2) is 0 Å². The van der Waals surface area contributed by atoms with Gasteiger partial charge in [-0.25, -0.2) is 4.79 Å². The second-order valence-corrected chi connectivity index (χ2v) is 6.85. The zero-order valence-corrected chi connectivity index (χ0v) is 14.5. The van der Waals surface area contributed by atoms with Crippen LogP contribution in [-0.4, -0.2) is 18.5 Å². The van der Waals surface area contributed by atoms with Crippen molar-refractivity contribution < 1.29 is 14.3 Å². The van der Waals surface area contributed by atoms with E-state index in [4.69, 9.17) is 4.74 Å². The molecule has 22 heavy (non-hydrogen) atoms. The molecule has 0 saturated carbocycles. The van der Waals surface area contributed by atoms with Gasteiger partial charge in [0.05, 0.1) is 12.2 Å². The Labute approximate surface area is 136 Å². The average molecular weight is 323 g/mol. The molecule has 1 heterocycles. The zero-order chi connectivity index (χ0) is 16.1. The summed E-state index contributed by atoms with van der Waals surface area (Å²) >= 11 is 1.56. The van der Waals surface area contributed by atoms with Gasteiger partial charge in [-0.05, 0) is 44.1 Å². The Morgan fingerprint density at radius 1 is 1.32 bits per heavy atom. The topological polar surface area (TPSA) is 55.4 Å². The quantitative estimate of drug-likeness (QED) is 0.799. The van der Waals surface area contributed by atoms with Crippen molar-refractivity contribution in [1.82, 2.24) is 0 Å². The molecule has 1 atom stereocenters. The van der Waals surface area contributed by atoms with Gasteiger partial charge >= 0.3 is 5.97 Å². The maximum absolute atomic E-state index is 12.3. The fourth-order valence-corrected chi connectivity index (χ4v) is 4.29. The molecule has 1 aromatic rings. The molecule has 0 spiro atoms. The van der Waals surface area contributed by atoms with Crippen LogP contribution in [0.1, 0.15) is 67.3 Å². The molecule has 0 saturated heterocycles. The lowest BCUT2D eigenvalue weighted by Crippen LogP contribution is -2.17. The summed E-state index contributed by atoms with van der Waals surface area (Å²) in [6, 6.07) is 0. The number of amides is 1. The molecule has 1 aromatic heterocycles. The SMILES string of the molecule is CCCC(=O)Nc1sc2c(c1C(=O)OCC)CC[C@@H](CC)C2. The fourth-order valence-electron chi connectivity index (χ4n) is 2.93. The van der Waals surface area contributed by atoms with E-state index in [1.165, 1.54) is 4.88 Å². The van der Waals surface area contributed by atoms with Crippen molar-refractivity contribution in [3.05, 3.63) is 16.0 Å². The molecule has 1 amide bonds. The number of thiophene rings is 1. The smallest absolute Gasteiger partial charge is 0.341 e. The van der Waals surface area contributed by atoms with E-state index in [0.717, 1.165) is 37.7 Å². The third kappa shape index (κ3) is 3.69. The van der Waals surface area contributed by atoms with E-state index in [2.05, 4.69) is 12.2 Å². The number of carbonyl (C=O) groups is 2. The standard InChI is InChI=1S/C17H25NO3S/c1-4-7-14(19)18-16-15(17(20)21-6-3)12-9-8-11(5-2)10-13(12)22-16/h11H,4-10H2,1-3H3,(H,18,19)/t11-/m1/s1. The highest BCUT2D eigenvalue weighted by atomic mass is 32.1. The Morgan fingerprint density at radius 2 is 2.09 bits per heavy atom. The van der Waals surface area contributed by atoms with Gasteiger partial charge in [0, 0.05) is 11.3 Å². The molecule has 2 rings (SSSR count). The first-order valence-electron chi connectivity index (χ1n) is 8.22. The number of carbonyl (C=O) groups excluding carboxylic acids is 2. The zero-order valence-electron chi connectivity index (χ0n) is 13.7. The van der Waals surface area contributed by atoms with Crippen LogP contribution in [0.4, 0.5) is 5.00 Å². The van der Waals surface area contributed by atoms with Crippen LogP contribution >= 0.6 is 11.3 Å². The normalized spacial score (nSPS) is 17.0. The van der Waals surface area contributed by atoms with Gasteiger partial charge < -0.3 is 10.1 Å². The number of ether oxygens (including phenoxy) is 1. The van der Waals surface area contributed by atoms with Gasteiger partial charge in [0.1, 0.15) is 5.00 Å². The summed E-state index contributed by atoms with van der Waals surface area (Å²) in [4.78, 5) is 25.5. The van der Waals surface area contributed by atoms with E-state index >= 15 is 0 Å². The van der Waals surface area contributed by atoms with E-state index in [-0.39, 0.29) is 11.9 Å². The molecule has 0 aliphatic heterocycles. The van der Waals surface area contributed by atoms with Crippen molar-refractivity contribution in [2.24, 2.45) is 5.92 Å². The molecule has 1 aliphatic carbocycles. The Kier molecular flexibility index (Phi) is 6.00. The minimum absolute atomic E-state index is 0.0290. The molecule has 1 N–H and O–H groups in total. The highest BCUT2D eigenvalue weighted by Crippen LogP contribution is 2.40. The Morgan fingerprint density at radius 3 is 2.73 bits per heavy atom. The van der Waals surface area contributed by atoms with Crippen LogP contribution in [0.5, 0.6) is 0 Å². The third-order valence-electron chi connectivity index (χ3n) is 4.15. The Hall–Kier alpha value is -1.36. The first-order valence-corrected chi connectivity index (χ1v) is 9.03. The molecule has 4 nitrogen and oxygen atoms in total. The molecule has 0 fully saturated rings. The second kappa shape index (κ2) is 7.77. The van der Waals surface area contributed by atoms with Crippen LogP contribution in [0.15, 0.2) is 0 Å². The summed E-state index contributed by atoms with van der Waals surface area (Å²) in [7, 11) is 0. The monoisotopic (exact) mass is 323 g/mol. The minimum Gasteiger partial charge on any atom is -0.462 e. The number of hydrogen-bond donors (Lipinski definition) is 1. The van der Waals surface area contributed by atoms with Crippen molar-refractivity contribution >= 4 is 28.2 Å². The van der Waals surface area contributed by atoms with Crippen LogP contribution in [-0.2, 0) is 22.4 Å². The highest BCUT2D eigenvalue weighted by molar-refractivity contribution is 7.17. The van der Waals surface area contributed by atoms with Crippen molar-refractivity contribution in [2.45, 2.75) is 59.3 Å². The molecule has 0 radical (unpaired) electrons. The van der Waals surface area contributed by atoms with Crippen LogP contribution < -0.4 is 5.32 Å². The van der Waals surface area contributed by atoms with E-state index in [0.29, 0.717) is 29.5 Å². The number of rotatable bonds is 6. The molecular formula is C17H25NO3S. The average Bonchev–Trinajstić information content (AvgIpc) is 2.84. The van der Waals surface area contributed by atoms with E-state index in [1.54, 1.807) is 18.3 Å². The van der Waals surface area contributed by atoms with E-state index in [1.807, 2.05) is 6.92 Å². The summed E-state index contributed by atoms with van der Waals surface area (Å²) in [5.74, 6) is 0.348. The molecular weight excluding hydrogens is 298 g/mol. The number of anilines is 1. The molecule has 122 valence electrons. The lowest BCUT2D eigenvalue weighted by atomic mass is 9.85. The maximum atomic E-state index is 12.3. The van der Waals surface area contributed by atoms with Gasteiger partial charge in [0.25, 0.3) is 0 Å². The summed E-state index contributed by atoms with van der Waals surface area (Å²) < 4.78 is 5.20. The Bertz CT molecular complexity index is 550. The predicted octanol–water partition coefficient (Wildman–Crippen LogP) is 4.18. The van der Waals surface area contributed by atoms with Gasteiger partial charge in [-0.1, -0.05) is 20.3 Å². The van der Waals surface area contributed by atoms with Gasteiger partial charge in [-0.15, -0.1) is 11.3 Å². The van der Waals surface area contributed by atoms with Crippen molar-refractivity contribution in [1.29, 1.82) is 0 Å². The highest BCUT2D eigenvalue weighted by Gasteiger charge is 2.29. The van der Waals surface area contributed by atoms with E-state index in [9.17, 15) is 9.59 Å². The van der Waals surface area contributed by atoms with Gasteiger partial charge in [0.2, 0.25) is 5.91 Å². The largest absolute Gasteiger partial charge is 0.462 e. The third-order valence-corrected chi connectivity index (χ3v) is 5.32. The maximum Gasteiger partial charge on any atom is 0.341 e. The number of esters is 1. The molecule has 0 aromatic carbocycles. The van der Waals surface area contributed by atoms with Crippen molar-refractivity contribution in [3.63, 3.8) is 0 Å². The number of hydrogen-bond acceptors (Lipinski definition) is 4. The summed E-state index contributed by atoms with van der Waals surface area (Å²) in [6.07, 6.45) is 5.44. The van der Waals surface area contributed by atoms with Crippen LogP contribution in [0.2, 0.25) is 0 Å².